The Morgan fingerprint density at radius 2 is 1.65 bits per heavy atom. The first-order valence-electron chi connectivity index (χ1n) is 6.66. The molecule has 0 saturated carbocycles. The molecule has 2 aromatic rings. The Labute approximate surface area is 131 Å². The van der Waals surface area contributed by atoms with Gasteiger partial charge in [-0.2, -0.15) is 23.7 Å². The number of nitriles is 2. The van der Waals surface area contributed by atoms with Crippen molar-refractivity contribution in [3.05, 3.63) is 64.7 Å². The van der Waals surface area contributed by atoms with Crippen LogP contribution >= 0.6 is 0 Å². The molecule has 6 heteroatoms. The molecule has 0 fully saturated rings. The molecule has 23 heavy (non-hydrogen) atoms. The molecule has 0 saturated heterocycles. The molecule has 0 aliphatic carbocycles. The Kier molecular flexibility index (Phi) is 4.57. The lowest BCUT2D eigenvalue weighted by Crippen LogP contribution is -2.18. The zero-order chi connectivity index (χ0) is 17.0. The Morgan fingerprint density at radius 1 is 1.00 bits per heavy atom. The maximum Gasteiger partial charge on any atom is 0.417 e. The van der Waals surface area contributed by atoms with Crippen molar-refractivity contribution in [3.63, 3.8) is 0 Å². The predicted octanol–water partition coefficient (Wildman–Crippen LogP) is 4.09. The van der Waals surface area contributed by atoms with Crippen molar-refractivity contribution in [2.24, 2.45) is 0 Å². The van der Waals surface area contributed by atoms with Crippen LogP contribution in [0, 0.1) is 22.7 Å². The highest BCUT2D eigenvalue weighted by molar-refractivity contribution is 5.54. The Hall–Kier alpha value is -2.99. The summed E-state index contributed by atoms with van der Waals surface area (Å²) in [4.78, 5) is 1.65. The Bertz CT molecular complexity index is 781. The van der Waals surface area contributed by atoms with Crippen LogP contribution in [0.3, 0.4) is 0 Å². The number of anilines is 1. The second-order valence-corrected chi connectivity index (χ2v) is 5.00. The SMILES string of the molecule is CN(Cc1ccc(C#N)cc1)c1ccc(C#N)c(C(F)(F)F)c1. The van der Waals surface area contributed by atoms with E-state index in [0.717, 1.165) is 11.6 Å². The highest BCUT2D eigenvalue weighted by Gasteiger charge is 2.34. The fourth-order valence-electron chi connectivity index (χ4n) is 2.15. The van der Waals surface area contributed by atoms with Gasteiger partial charge in [-0.15, -0.1) is 0 Å². The van der Waals surface area contributed by atoms with Crippen LogP contribution in [0.5, 0.6) is 0 Å². The number of rotatable bonds is 3. The molecule has 0 bridgehead atoms. The maximum atomic E-state index is 13.0. The number of benzene rings is 2. The number of halogens is 3. The van der Waals surface area contributed by atoms with Crippen LogP contribution in [-0.4, -0.2) is 7.05 Å². The van der Waals surface area contributed by atoms with Crippen LogP contribution in [0.15, 0.2) is 42.5 Å². The first-order valence-corrected chi connectivity index (χ1v) is 6.66. The molecule has 0 N–H and O–H groups in total. The standard InChI is InChI=1S/C17H12F3N3/c1-23(11-13-4-2-12(9-21)3-5-13)15-7-6-14(10-22)16(8-15)17(18,19)20/h2-8H,11H2,1H3. The molecule has 0 aliphatic heterocycles. The molecule has 116 valence electrons. The summed E-state index contributed by atoms with van der Waals surface area (Å²) in [5.41, 5.74) is 0.413. The van der Waals surface area contributed by atoms with Crippen molar-refractivity contribution >= 4 is 5.69 Å². The number of hydrogen-bond acceptors (Lipinski definition) is 3. The van der Waals surface area contributed by atoms with E-state index in [1.807, 2.05) is 6.07 Å². The summed E-state index contributed by atoms with van der Waals surface area (Å²) in [5.74, 6) is 0. The zero-order valence-corrected chi connectivity index (χ0v) is 12.2. The van der Waals surface area contributed by atoms with Gasteiger partial charge in [0.1, 0.15) is 0 Å². The molecule has 0 aliphatic rings. The van der Waals surface area contributed by atoms with E-state index in [1.54, 1.807) is 42.3 Å². The Balaban J connectivity index is 2.27. The first-order chi connectivity index (χ1) is 10.8. The molecular weight excluding hydrogens is 303 g/mol. The third-order valence-electron chi connectivity index (χ3n) is 3.37. The van der Waals surface area contributed by atoms with Gasteiger partial charge in [0.25, 0.3) is 0 Å². The van der Waals surface area contributed by atoms with Gasteiger partial charge in [0.15, 0.2) is 0 Å². The molecule has 0 aromatic heterocycles. The lowest BCUT2D eigenvalue weighted by atomic mass is 10.1. The summed E-state index contributed by atoms with van der Waals surface area (Å²) in [5, 5.41) is 17.6. The third kappa shape index (κ3) is 3.81. The monoisotopic (exact) mass is 315 g/mol. The van der Waals surface area contributed by atoms with Crippen molar-refractivity contribution in [3.8, 4) is 12.1 Å². The highest BCUT2D eigenvalue weighted by Crippen LogP contribution is 2.34. The first kappa shape index (κ1) is 16.4. The van der Waals surface area contributed by atoms with Crippen molar-refractivity contribution < 1.29 is 13.2 Å². The van der Waals surface area contributed by atoms with E-state index in [4.69, 9.17) is 10.5 Å². The Morgan fingerprint density at radius 3 is 2.17 bits per heavy atom. The summed E-state index contributed by atoms with van der Waals surface area (Å²) < 4.78 is 39.0. The molecular formula is C17H12F3N3. The predicted molar refractivity (Wildman–Crippen MR) is 79.4 cm³/mol. The largest absolute Gasteiger partial charge is 0.417 e. The van der Waals surface area contributed by atoms with Crippen LogP contribution in [0.25, 0.3) is 0 Å². The number of hydrogen-bond donors (Lipinski definition) is 0. The molecule has 0 radical (unpaired) electrons. The van der Waals surface area contributed by atoms with Gasteiger partial charge in [-0.25, -0.2) is 0 Å². The van der Waals surface area contributed by atoms with Crippen LogP contribution in [0.2, 0.25) is 0 Å². The van der Waals surface area contributed by atoms with Gasteiger partial charge in [-0.3, -0.25) is 0 Å². The molecule has 3 nitrogen and oxygen atoms in total. The number of nitrogens with zero attached hydrogens (tertiary/aromatic N) is 3. The van der Waals surface area contributed by atoms with E-state index in [-0.39, 0.29) is 0 Å². The minimum Gasteiger partial charge on any atom is -0.370 e. The van der Waals surface area contributed by atoms with Crippen molar-refractivity contribution in [2.75, 3.05) is 11.9 Å². The fourth-order valence-corrected chi connectivity index (χ4v) is 2.15. The molecule has 0 heterocycles. The summed E-state index contributed by atoms with van der Waals surface area (Å²) in [6, 6.07) is 14.0. The van der Waals surface area contributed by atoms with Crippen LogP contribution < -0.4 is 4.90 Å². The average molecular weight is 315 g/mol. The van der Waals surface area contributed by atoms with E-state index >= 15 is 0 Å². The van der Waals surface area contributed by atoms with Gasteiger partial charge in [0.2, 0.25) is 0 Å². The van der Waals surface area contributed by atoms with Gasteiger partial charge in [-0.05, 0) is 35.9 Å². The lowest BCUT2D eigenvalue weighted by Gasteiger charge is -2.21. The van der Waals surface area contributed by atoms with Gasteiger partial charge in [0, 0.05) is 19.3 Å². The summed E-state index contributed by atoms with van der Waals surface area (Å²) in [6.45, 7) is 0.384. The minimum atomic E-state index is -4.57. The molecule has 0 spiro atoms. The van der Waals surface area contributed by atoms with Gasteiger partial charge < -0.3 is 4.90 Å². The smallest absolute Gasteiger partial charge is 0.370 e. The summed E-state index contributed by atoms with van der Waals surface area (Å²) >= 11 is 0. The topological polar surface area (TPSA) is 50.8 Å². The average Bonchev–Trinajstić information content (AvgIpc) is 2.54. The second kappa shape index (κ2) is 6.41. The van der Waals surface area contributed by atoms with Crippen LogP contribution in [-0.2, 0) is 12.7 Å². The zero-order valence-electron chi connectivity index (χ0n) is 12.2. The lowest BCUT2D eigenvalue weighted by molar-refractivity contribution is -0.137. The normalized spacial score (nSPS) is 10.7. The van der Waals surface area contributed by atoms with Crippen molar-refractivity contribution in [1.82, 2.24) is 0 Å². The molecule has 2 aromatic carbocycles. The van der Waals surface area contributed by atoms with Crippen LogP contribution in [0.4, 0.5) is 18.9 Å². The van der Waals surface area contributed by atoms with E-state index in [0.29, 0.717) is 17.8 Å². The molecule has 0 unspecified atom stereocenters. The van der Waals surface area contributed by atoms with Crippen molar-refractivity contribution in [1.29, 1.82) is 10.5 Å². The van der Waals surface area contributed by atoms with E-state index < -0.39 is 17.3 Å². The van der Waals surface area contributed by atoms with E-state index in [2.05, 4.69) is 0 Å². The highest BCUT2D eigenvalue weighted by atomic mass is 19.4. The van der Waals surface area contributed by atoms with Gasteiger partial charge >= 0.3 is 6.18 Å². The third-order valence-corrected chi connectivity index (χ3v) is 3.37. The van der Waals surface area contributed by atoms with Gasteiger partial charge in [0.05, 0.1) is 28.8 Å². The minimum absolute atomic E-state index is 0.362. The number of alkyl halides is 3. The fraction of sp³-hybridized carbons (Fsp3) is 0.176. The van der Waals surface area contributed by atoms with Crippen molar-refractivity contribution in [2.45, 2.75) is 12.7 Å². The molecule has 0 amide bonds. The van der Waals surface area contributed by atoms with Crippen LogP contribution in [0.1, 0.15) is 22.3 Å². The molecule has 2 rings (SSSR count). The quantitative estimate of drug-likeness (QED) is 0.857. The second-order valence-electron chi connectivity index (χ2n) is 5.00. The molecule has 0 atom stereocenters. The summed E-state index contributed by atoms with van der Waals surface area (Å²) in [7, 11) is 1.67. The van der Waals surface area contributed by atoms with E-state index in [1.165, 1.54) is 12.1 Å². The maximum absolute atomic E-state index is 13.0. The summed E-state index contributed by atoms with van der Waals surface area (Å²) in [6.07, 6.45) is -4.57. The van der Waals surface area contributed by atoms with Gasteiger partial charge in [-0.1, -0.05) is 12.1 Å². The van der Waals surface area contributed by atoms with E-state index in [9.17, 15) is 13.2 Å².